The monoisotopic (exact) mass is 280 g/mol. The molecule has 0 aliphatic carbocycles. The van der Waals surface area contributed by atoms with Gasteiger partial charge in [0.2, 0.25) is 5.78 Å². The van der Waals surface area contributed by atoms with Crippen LogP contribution in [0.1, 0.15) is 10.6 Å². The Bertz CT molecular complexity index is 227. The van der Waals surface area contributed by atoms with E-state index in [1.54, 1.807) is 18.5 Å². The number of aromatic nitrogens is 2. The molecule has 1 aromatic rings. The van der Waals surface area contributed by atoms with E-state index in [1.807, 2.05) is 0 Å². The molecular formula is C6H6Br2N2O. The highest BCUT2D eigenvalue weighted by molar-refractivity contribution is 9.09. The van der Waals surface area contributed by atoms with Crippen LogP contribution in [0.3, 0.4) is 0 Å². The largest absolute Gasteiger partial charge is 0.290 e. The fraction of sp³-hybridized carbons (Fsp3) is 0.167. The highest BCUT2D eigenvalue weighted by Gasteiger charge is 2.03. The van der Waals surface area contributed by atoms with E-state index in [0.29, 0.717) is 0 Å². The Morgan fingerprint density at radius 2 is 2.00 bits per heavy atom. The Morgan fingerprint density at radius 1 is 1.45 bits per heavy atom. The van der Waals surface area contributed by atoms with Crippen LogP contribution in [0.2, 0.25) is 0 Å². The second-order valence-electron chi connectivity index (χ2n) is 1.63. The van der Waals surface area contributed by atoms with Gasteiger partial charge in [0.15, 0.2) is 5.82 Å². The van der Waals surface area contributed by atoms with Crippen molar-refractivity contribution in [2.45, 2.75) is 0 Å². The SMILES string of the molecule is Br.O=C(CBr)c1ncccn1. The van der Waals surface area contributed by atoms with E-state index in [2.05, 4.69) is 25.9 Å². The standard InChI is InChI=1S/C6H5BrN2O.BrH/c7-4-5(10)6-8-2-1-3-9-6;/h1-3H,4H2;1H. The maximum Gasteiger partial charge on any atom is 0.210 e. The summed E-state index contributed by atoms with van der Waals surface area (Å²) < 4.78 is 0. The average molecular weight is 282 g/mol. The summed E-state index contributed by atoms with van der Waals surface area (Å²) in [7, 11) is 0. The first-order valence-electron chi connectivity index (χ1n) is 2.71. The number of hydrogen-bond acceptors (Lipinski definition) is 3. The molecule has 11 heavy (non-hydrogen) atoms. The number of alkyl halides is 1. The van der Waals surface area contributed by atoms with Crippen molar-refractivity contribution < 1.29 is 4.79 Å². The maximum absolute atomic E-state index is 10.8. The Hall–Kier alpha value is -0.290. The zero-order chi connectivity index (χ0) is 7.40. The summed E-state index contributed by atoms with van der Waals surface area (Å²) in [5.74, 6) is 0.167. The van der Waals surface area contributed by atoms with Crippen LogP contribution in [0, 0.1) is 0 Å². The van der Waals surface area contributed by atoms with Crippen molar-refractivity contribution in [2.24, 2.45) is 0 Å². The molecule has 0 atom stereocenters. The van der Waals surface area contributed by atoms with E-state index >= 15 is 0 Å². The van der Waals surface area contributed by atoms with Gasteiger partial charge in [-0.05, 0) is 6.07 Å². The van der Waals surface area contributed by atoms with Gasteiger partial charge in [0.05, 0.1) is 5.33 Å². The van der Waals surface area contributed by atoms with E-state index in [4.69, 9.17) is 0 Å². The van der Waals surface area contributed by atoms with Gasteiger partial charge in [-0.25, -0.2) is 9.97 Å². The zero-order valence-corrected chi connectivity index (χ0v) is 8.83. The van der Waals surface area contributed by atoms with Crippen molar-refractivity contribution in [3.05, 3.63) is 24.3 Å². The third-order valence-electron chi connectivity index (χ3n) is 0.937. The molecule has 0 saturated carbocycles. The molecule has 0 aromatic carbocycles. The molecule has 0 N–H and O–H groups in total. The second kappa shape index (κ2) is 5.37. The van der Waals surface area contributed by atoms with Crippen LogP contribution in [-0.2, 0) is 0 Å². The summed E-state index contributed by atoms with van der Waals surface area (Å²) in [5, 5.41) is 0.275. The predicted molar refractivity (Wildman–Crippen MR) is 50.5 cm³/mol. The first-order chi connectivity index (χ1) is 4.84. The lowest BCUT2D eigenvalue weighted by Crippen LogP contribution is -2.04. The number of hydrogen-bond donors (Lipinski definition) is 0. The number of Topliss-reactive ketones (excluding diaryl/α,β-unsaturated/α-hetero) is 1. The summed E-state index contributed by atoms with van der Waals surface area (Å²) in [6, 6.07) is 1.67. The molecule has 60 valence electrons. The summed E-state index contributed by atoms with van der Waals surface area (Å²) in [4.78, 5) is 18.4. The normalized spacial score (nSPS) is 8.45. The van der Waals surface area contributed by atoms with E-state index < -0.39 is 0 Å². The van der Waals surface area contributed by atoms with Crippen molar-refractivity contribution in [1.29, 1.82) is 0 Å². The fourth-order valence-corrected chi connectivity index (χ4v) is 0.754. The number of carbonyl (C=O) groups excluding carboxylic acids is 1. The molecule has 3 nitrogen and oxygen atoms in total. The van der Waals surface area contributed by atoms with Gasteiger partial charge in [0, 0.05) is 12.4 Å². The minimum absolute atomic E-state index is 0. The number of ketones is 1. The molecule has 1 heterocycles. The number of rotatable bonds is 2. The number of nitrogens with zero attached hydrogens (tertiary/aromatic N) is 2. The molecule has 0 saturated heterocycles. The van der Waals surface area contributed by atoms with Crippen molar-refractivity contribution in [3.63, 3.8) is 0 Å². The highest BCUT2D eigenvalue weighted by Crippen LogP contribution is 1.92. The predicted octanol–water partition coefficient (Wildman–Crippen LogP) is 1.63. The van der Waals surface area contributed by atoms with Crippen molar-refractivity contribution in [2.75, 3.05) is 5.33 Å². The Kier molecular flexibility index (Phi) is 5.23. The minimum atomic E-state index is -0.0967. The molecule has 0 spiro atoms. The van der Waals surface area contributed by atoms with Crippen molar-refractivity contribution in [1.82, 2.24) is 9.97 Å². The Labute approximate surface area is 83.1 Å². The van der Waals surface area contributed by atoms with Gasteiger partial charge >= 0.3 is 0 Å². The smallest absolute Gasteiger partial charge is 0.210 e. The first kappa shape index (κ1) is 10.7. The molecular weight excluding hydrogens is 276 g/mol. The van der Waals surface area contributed by atoms with Gasteiger partial charge in [0.1, 0.15) is 0 Å². The van der Waals surface area contributed by atoms with Gasteiger partial charge in [-0.3, -0.25) is 4.79 Å². The quantitative estimate of drug-likeness (QED) is 0.611. The molecule has 0 aliphatic heterocycles. The van der Waals surface area contributed by atoms with E-state index in [0.717, 1.165) is 0 Å². The lowest BCUT2D eigenvalue weighted by atomic mass is 10.4. The van der Waals surface area contributed by atoms with Crippen molar-refractivity contribution in [3.8, 4) is 0 Å². The van der Waals surface area contributed by atoms with E-state index in [9.17, 15) is 4.79 Å². The van der Waals surface area contributed by atoms with E-state index in [1.165, 1.54) is 0 Å². The highest BCUT2D eigenvalue weighted by atomic mass is 79.9. The van der Waals surface area contributed by atoms with Crippen LogP contribution in [0.5, 0.6) is 0 Å². The van der Waals surface area contributed by atoms with Crippen LogP contribution < -0.4 is 0 Å². The fourth-order valence-electron chi connectivity index (χ4n) is 0.503. The Morgan fingerprint density at radius 3 is 2.45 bits per heavy atom. The van der Waals surface area contributed by atoms with Gasteiger partial charge in [0.25, 0.3) is 0 Å². The molecule has 0 radical (unpaired) electrons. The molecule has 1 aromatic heterocycles. The second-order valence-corrected chi connectivity index (χ2v) is 2.19. The van der Waals surface area contributed by atoms with Crippen LogP contribution in [-0.4, -0.2) is 21.1 Å². The zero-order valence-electron chi connectivity index (χ0n) is 5.53. The van der Waals surface area contributed by atoms with Crippen LogP contribution in [0.15, 0.2) is 18.5 Å². The minimum Gasteiger partial charge on any atom is -0.290 e. The van der Waals surface area contributed by atoms with Crippen LogP contribution >= 0.6 is 32.9 Å². The van der Waals surface area contributed by atoms with Gasteiger partial charge in [-0.2, -0.15) is 0 Å². The topological polar surface area (TPSA) is 42.9 Å². The molecule has 1 rings (SSSR count). The lowest BCUT2D eigenvalue weighted by Gasteiger charge is -1.90. The molecule has 5 heteroatoms. The van der Waals surface area contributed by atoms with Gasteiger partial charge in [-0.1, -0.05) is 15.9 Å². The van der Waals surface area contributed by atoms with Gasteiger partial charge < -0.3 is 0 Å². The summed E-state index contributed by atoms with van der Waals surface area (Å²) in [6.07, 6.45) is 3.09. The molecule has 0 unspecified atom stereocenters. The van der Waals surface area contributed by atoms with Crippen LogP contribution in [0.25, 0.3) is 0 Å². The average Bonchev–Trinajstić information content (AvgIpc) is 2.05. The van der Waals surface area contributed by atoms with Gasteiger partial charge in [-0.15, -0.1) is 17.0 Å². The number of halogens is 2. The summed E-state index contributed by atoms with van der Waals surface area (Å²) in [6.45, 7) is 0. The van der Waals surface area contributed by atoms with E-state index in [-0.39, 0.29) is 33.9 Å². The lowest BCUT2D eigenvalue weighted by molar-refractivity contribution is 0.101. The van der Waals surface area contributed by atoms with Crippen molar-refractivity contribution >= 4 is 38.7 Å². The Balaban J connectivity index is 0.000001000. The molecule has 0 aliphatic rings. The first-order valence-corrected chi connectivity index (χ1v) is 3.83. The maximum atomic E-state index is 10.8. The third kappa shape index (κ3) is 3.07. The molecule has 0 bridgehead atoms. The van der Waals surface area contributed by atoms with Crippen LogP contribution in [0.4, 0.5) is 0 Å². The molecule has 0 amide bonds. The summed E-state index contributed by atoms with van der Waals surface area (Å²) in [5.41, 5.74) is 0. The number of carbonyl (C=O) groups is 1. The summed E-state index contributed by atoms with van der Waals surface area (Å²) >= 11 is 3.02. The third-order valence-corrected chi connectivity index (χ3v) is 1.45. The molecule has 0 fully saturated rings.